The van der Waals surface area contributed by atoms with Gasteiger partial charge in [0.25, 0.3) is 0 Å². The van der Waals surface area contributed by atoms with E-state index >= 15 is 0 Å². The third-order valence-electron chi connectivity index (χ3n) is 4.86. The second-order valence-corrected chi connectivity index (χ2v) is 7.07. The molecule has 3 heterocycles. The molecule has 5 nitrogen and oxygen atoms in total. The van der Waals surface area contributed by atoms with Gasteiger partial charge in [-0.05, 0) is 50.2 Å². The highest BCUT2D eigenvalue weighted by Crippen LogP contribution is 2.27. The van der Waals surface area contributed by atoms with Gasteiger partial charge in [-0.3, -0.25) is 0 Å². The lowest BCUT2D eigenvalue weighted by Crippen LogP contribution is -2.24. The predicted octanol–water partition coefficient (Wildman–Crippen LogP) is 3.16. The second kappa shape index (κ2) is 7.37. The van der Waals surface area contributed by atoms with Crippen LogP contribution < -0.4 is 0 Å². The Morgan fingerprint density at radius 1 is 1.24 bits per heavy atom. The SMILES string of the molecule is CC(c1cn(CC2CCCCO2)nn1)c1cccc(C#CC2CC2)n1. The number of hydrogen-bond acceptors (Lipinski definition) is 4. The Morgan fingerprint density at radius 2 is 2.16 bits per heavy atom. The normalized spacial score (nSPS) is 21.4. The first-order chi connectivity index (χ1) is 12.3. The minimum absolute atomic E-state index is 0.101. The van der Waals surface area contributed by atoms with E-state index in [2.05, 4.69) is 29.1 Å². The van der Waals surface area contributed by atoms with Crippen molar-refractivity contribution < 1.29 is 4.74 Å². The van der Waals surface area contributed by atoms with E-state index in [1.54, 1.807) is 0 Å². The molecular formula is C20H24N4O. The fraction of sp³-hybridized carbons (Fsp3) is 0.550. The van der Waals surface area contributed by atoms with Gasteiger partial charge in [0.1, 0.15) is 5.69 Å². The van der Waals surface area contributed by atoms with Crippen molar-refractivity contribution in [1.82, 2.24) is 20.0 Å². The molecule has 4 rings (SSSR count). The summed E-state index contributed by atoms with van der Waals surface area (Å²) >= 11 is 0. The molecule has 0 aromatic carbocycles. The predicted molar refractivity (Wildman–Crippen MR) is 95.0 cm³/mol. The third-order valence-corrected chi connectivity index (χ3v) is 4.86. The molecule has 0 amide bonds. The lowest BCUT2D eigenvalue weighted by atomic mass is 10.0. The molecule has 2 aromatic heterocycles. The molecule has 5 heteroatoms. The Morgan fingerprint density at radius 3 is 2.96 bits per heavy atom. The number of hydrogen-bond donors (Lipinski definition) is 0. The number of pyridine rings is 1. The van der Waals surface area contributed by atoms with E-state index in [0.29, 0.717) is 5.92 Å². The summed E-state index contributed by atoms with van der Waals surface area (Å²) in [5.74, 6) is 7.15. The van der Waals surface area contributed by atoms with Crippen LogP contribution in [-0.2, 0) is 11.3 Å². The molecule has 1 aliphatic heterocycles. The Kier molecular flexibility index (Phi) is 4.80. The highest BCUT2D eigenvalue weighted by Gasteiger charge is 2.19. The van der Waals surface area contributed by atoms with Crippen LogP contribution in [0, 0.1) is 17.8 Å². The topological polar surface area (TPSA) is 52.8 Å². The molecule has 2 unspecified atom stereocenters. The average molecular weight is 336 g/mol. The van der Waals surface area contributed by atoms with E-state index in [1.807, 2.05) is 29.1 Å². The van der Waals surface area contributed by atoms with Crippen LogP contribution >= 0.6 is 0 Å². The summed E-state index contributed by atoms with van der Waals surface area (Å²) in [4.78, 5) is 4.70. The van der Waals surface area contributed by atoms with Gasteiger partial charge in [-0.1, -0.05) is 24.1 Å². The van der Waals surface area contributed by atoms with Gasteiger partial charge in [0.05, 0.1) is 24.0 Å². The zero-order chi connectivity index (χ0) is 17.1. The number of ether oxygens (including phenoxy) is 1. The van der Waals surface area contributed by atoms with Gasteiger partial charge < -0.3 is 4.74 Å². The lowest BCUT2D eigenvalue weighted by Gasteiger charge is -2.21. The van der Waals surface area contributed by atoms with Crippen molar-refractivity contribution in [1.29, 1.82) is 0 Å². The fourth-order valence-corrected chi connectivity index (χ4v) is 3.08. The van der Waals surface area contributed by atoms with Gasteiger partial charge in [0, 0.05) is 24.6 Å². The molecule has 1 saturated carbocycles. The highest BCUT2D eigenvalue weighted by atomic mass is 16.5. The van der Waals surface area contributed by atoms with E-state index in [0.717, 1.165) is 36.7 Å². The van der Waals surface area contributed by atoms with Gasteiger partial charge in [-0.2, -0.15) is 0 Å². The van der Waals surface area contributed by atoms with E-state index in [-0.39, 0.29) is 12.0 Å². The van der Waals surface area contributed by atoms with E-state index in [4.69, 9.17) is 9.72 Å². The van der Waals surface area contributed by atoms with E-state index in [9.17, 15) is 0 Å². The van der Waals surface area contributed by atoms with Crippen molar-refractivity contribution in [2.24, 2.45) is 5.92 Å². The quantitative estimate of drug-likeness (QED) is 0.805. The average Bonchev–Trinajstić information content (AvgIpc) is 3.38. The van der Waals surface area contributed by atoms with Crippen LogP contribution in [0.5, 0.6) is 0 Å². The zero-order valence-corrected chi connectivity index (χ0v) is 14.7. The molecule has 2 fully saturated rings. The molecule has 0 spiro atoms. The maximum Gasteiger partial charge on any atom is 0.113 e. The van der Waals surface area contributed by atoms with Crippen LogP contribution in [0.1, 0.15) is 62.0 Å². The Labute approximate surface area is 148 Å². The molecule has 2 aromatic rings. The molecule has 25 heavy (non-hydrogen) atoms. The maximum atomic E-state index is 5.79. The lowest BCUT2D eigenvalue weighted by molar-refractivity contribution is 0.00369. The summed E-state index contributed by atoms with van der Waals surface area (Å²) in [6, 6.07) is 6.04. The van der Waals surface area contributed by atoms with Gasteiger partial charge >= 0.3 is 0 Å². The van der Waals surface area contributed by atoms with Crippen LogP contribution in [0.2, 0.25) is 0 Å². The Bertz CT molecular complexity index is 778. The van der Waals surface area contributed by atoms with Gasteiger partial charge in [-0.25, -0.2) is 9.67 Å². The molecule has 1 saturated heterocycles. The van der Waals surface area contributed by atoms with Crippen molar-refractivity contribution in [2.75, 3.05) is 6.61 Å². The summed E-state index contributed by atoms with van der Waals surface area (Å²) in [6.07, 6.45) is 8.26. The molecule has 2 aliphatic rings. The van der Waals surface area contributed by atoms with Crippen molar-refractivity contribution in [3.8, 4) is 11.8 Å². The first-order valence-electron chi connectivity index (χ1n) is 9.28. The van der Waals surface area contributed by atoms with Crippen molar-refractivity contribution in [3.05, 3.63) is 41.5 Å². The summed E-state index contributed by atoms with van der Waals surface area (Å²) in [5, 5.41) is 8.63. The number of aromatic nitrogens is 4. The van der Waals surface area contributed by atoms with Crippen LogP contribution in [0.4, 0.5) is 0 Å². The van der Waals surface area contributed by atoms with Crippen molar-refractivity contribution in [3.63, 3.8) is 0 Å². The largest absolute Gasteiger partial charge is 0.376 e. The Balaban J connectivity index is 1.44. The first-order valence-corrected chi connectivity index (χ1v) is 9.28. The summed E-state index contributed by atoms with van der Waals surface area (Å²) in [5.41, 5.74) is 2.78. The molecular weight excluding hydrogens is 312 g/mol. The monoisotopic (exact) mass is 336 g/mol. The van der Waals surface area contributed by atoms with E-state index in [1.165, 1.54) is 25.7 Å². The molecule has 0 N–H and O–H groups in total. The summed E-state index contributed by atoms with van der Waals surface area (Å²) < 4.78 is 7.69. The first kappa shape index (κ1) is 16.3. The molecule has 0 radical (unpaired) electrons. The molecule has 0 bridgehead atoms. The van der Waals surface area contributed by atoms with Gasteiger partial charge in [0.2, 0.25) is 0 Å². The summed E-state index contributed by atoms with van der Waals surface area (Å²) in [7, 11) is 0. The van der Waals surface area contributed by atoms with E-state index < -0.39 is 0 Å². The fourth-order valence-electron chi connectivity index (χ4n) is 3.08. The standard InChI is InChI=1S/C20H24N4O/c1-15(19-7-4-5-17(21-19)11-10-16-8-9-16)20-14-24(23-22-20)13-18-6-2-3-12-25-18/h4-5,7,14-16,18H,2-3,6,8-9,12-13H2,1H3. The van der Waals surface area contributed by atoms with Crippen molar-refractivity contribution in [2.45, 2.75) is 57.6 Å². The van der Waals surface area contributed by atoms with Gasteiger partial charge in [-0.15, -0.1) is 5.10 Å². The minimum Gasteiger partial charge on any atom is -0.376 e. The second-order valence-electron chi connectivity index (χ2n) is 7.07. The van der Waals surface area contributed by atoms with Crippen LogP contribution in [0.25, 0.3) is 0 Å². The van der Waals surface area contributed by atoms with Crippen LogP contribution in [0.15, 0.2) is 24.4 Å². The highest BCUT2D eigenvalue weighted by molar-refractivity contribution is 5.32. The number of nitrogens with zero attached hydrogens (tertiary/aromatic N) is 4. The van der Waals surface area contributed by atoms with Crippen LogP contribution in [-0.4, -0.2) is 32.7 Å². The third kappa shape index (κ3) is 4.26. The minimum atomic E-state index is 0.101. The molecule has 130 valence electrons. The van der Waals surface area contributed by atoms with Gasteiger partial charge in [0.15, 0.2) is 0 Å². The smallest absolute Gasteiger partial charge is 0.113 e. The molecule has 1 aliphatic carbocycles. The maximum absolute atomic E-state index is 5.79. The zero-order valence-electron chi connectivity index (χ0n) is 14.7. The van der Waals surface area contributed by atoms with Crippen LogP contribution in [0.3, 0.4) is 0 Å². The Hall–Kier alpha value is -2.19. The molecule has 2 atom stereocenters. The van der Waals surface area contributed by atoms with Crippen molar-refractivity contribution >= 4 is 0 Å². The number of rotatable bonds is 4. The summed E-state index contributed by atoms with van der Waals surface area (Å²) in [6.45, 7) is 3.76.